The minimum atomic E-state index is -0.655. The molecule has 1 heterocycles. The Balaban J connectivity index is 2.21. The van der Waals surface area contributed by atoms with E-state index >= 15 is 0 Å². The van der Waals surface area contributed by atoms with Crippen molar-refractivity contribution in [3.05, 3.63) is 57.1 Å². The van der Waals surface area contributed by atoms with Crippen LogP contribution in [0, 0.1) is 10.1 Å². The second-order valence-corrected chi connectivity index (χ2v) is 5.11. The van der Waals surface area contributed by atoms with Crippen LogP contribution in [-0.2, 0) is 16.1 Å². The normalized spacial score (nSPS) is 12.5. The molecule has 0 aliphatic carbocycles. The van der Waals surface area contributed by atoms with Crippen LogP contribution in [-0.4, -0.2) is 24.0 Å². The Labute approximate surface area is 135 Å². The van der Waals surface area contributed by atoms with Gasteiger partial charge < -0.3 is 15.2 Å². The van der Waals surface area contributed by atoms with Crippen LogP contribution in [0.15, 0.2) is 30.3 Å². The van der Waals surface area contributed by atoms with Crippen molar-refractivity contribution in [2.45, 2.75) is 6.61 Å². The summed E-state index contributed by atoms with van der Waals surface area (Å²) in [6.07, 6.45) is 0. The Morgan fingerprint density at radius 2 is 2.00 bits per heavy atom. The van der Waals surface area contributed by atoms with Crippen molar-refractivity contribution in [1.82, 2.24) is 0 Å². The van der Waals surface area contributed by atoms with Crippen LogP contribution in [0.25, 0.3) is 11.1 Å². The van der Waals surface area contributed by atoms with Gasteiger partial charge in [0.25, 0.3) is 5.69 Å². The third-order valence-electron chi connectivity index (χ3n) is 3.79. The van der Waals surface area contributed by atoms with Gasteiger partial charge in [0.15, 0.2) is 0 Å². The maximum absolute atomic E-state index is 12.1. The number of hydrogen-bond donors (Lipinski definition) is 1. The summed E-state index contributed by atoms with van der Waals surface area (Å²) in [4.78, 5) is 34.2. The summed E-state index contributed by atoms with van der Waals surface area (Å²) in [6.45, 7) is -0.0797. The maximum Gasteiger partial charge on any atom is 0.340 e. The number of esters is 2. The molecule has 0 unspecified atom stereocenters. The molecule has 1 aliphatic heterocycles. The lowest BCUT2D eigenvalue weighted by atomic mass is 9.92. The minimum absolute atomic E-state index is 0.0721. The number of nitrogens with two attached hydrogens (primary N) is 1. The van der Waals surface area contributed by atoms with Crippen LogP contribution < -0.4 is 5.73 Å². The second-order valence-electron chi connectivity index (χ2n) is 5.11. The summed E-state index contributed by atoms with van der Waals surface area (Å²) in [5, 5.41) is 10.8. The number of nitro benzene ring substituents is 1. The van der Waals surface area contributed by atoms with Crippen molar-refractivity contribution in [1.29, 1.82) is 0 Å². The first-order chi connectivity index (χ1) is 11.4. The third kappa shape index (κ3) is 2.34. The Bertz CT molecular complexity index is 873. The maximum atomic E-state index is 12.1. The van der Waals surface area contributed by atoms with E-state index in [-0.39, 0.29) is 29.1 Å². The fourth-order valence-electron chi connectivity index (χ4n) is 2.68. The molecule has 0 fully saturated rings. The summed E-state index contributed by atoms with van der Waals surface area (Å²) in [6, 6.07) is 7.14. The topological polar surface area (TPSA) is 122 Å². The van der Waals surface area contributed by atoms with Crippen LogP contribution in [0.2, 0.25) is 0 Å². The number of anilines is 1. The summed E-state index contributed by atoms with van der Waals surface area (Å²) in [5.74, 6) is -1.24. The molecule has 0 saturated heterocycles. The number of ether oxygens (including phenoxy) is 2. The minimum Gasteiger partial charge on any atom is -0.465 e. The SMILES string of the molecule is COC(=O)c1c(N)cc(-c2ccc([N+](=O)[O-])cc2)c2c1COC2=O. The molecular weight excluding hydrogens is 316 g/mol. The quantitative estimate of drug-likeness (QED) is 0.397. The van der Waals surface area contributed by atoms with Gasteiger partial charge in [0, 0.05) is 23.4 Å². The number of hydrogen-bond acceptors (Lipinski definition) is 7. The fraction of sp³-hybridized carbons (Fsp3) is 0.125. The molecule has 3 rings (SSSR count). The zero-order valence-electron chi connectivity index (χ0n) is 12.6. The van der Waals surface area contributed by atoms with E-state index in [1.165, 1.54) is 37.4 Å². The number of benzene rings is 2. The van der Waals surface area contributed by atoms with Gasteiger partial charge >= 0.3 is 11.9 Å². The van der Waals surface area contributed by atoms with E-state index in [0.29, 0.717) is 16.7 Å². The monoisotopic (exact) mass is 328 g/mol. The second kappa shape index (κ2) is 5.65. The molecule has 122 valence electrons. The molecule has 24 heavy (non-hydrogen) atoms. The molecule has 8 nitrogen and oxygen atoms in total. The van der Waals surface area contributed by atoms with E-state index in [9.17, 15) is 19.7 Å². The van der Waals surface area contributed by atoms with Crippen LogP contribution in [0.5, 0.6) is 0 Å². The largest absolute Gasteiger partial charge is 0.465 e. The molecule has 0 saturated carbocycles. The van der Waals surface area contributed by atoms with Gasteiger partial charge in [0.1, 0.15) is 6.61 Å². The summed E-state index contributed by atoms with van der Waals surface area (Å²) in [5.41, 5.74) is 7.72. The zero-order valence-corrected chi connectivity index (χ0v) is 12.6. The highest BCUT2D eigenvalue weighted by molar-refractivity contribution is 6.08. The van der Waals surface area contributed by atoms with Crippen molar-refractivity contribution in [2.75, 3.05) is 12.8 Å². The van der Waals surface area contributed by atoms with Crippen molar-refractivity contribution >= 4 is 23.3 Å². The number of nitrogens with zero attached hydrogens (tertiary/aromatic N) is 1. The van der Waals surface area contributed by atoms with E-state index < -0.39 is 16.9 Å². The number of nitro groups is 1. The molecule has 2 aromatic rings. The molecule has 0 spiro atoms. The van der Waals surface area contributed by atoms with Gasteiger partial charge in [-0.1, -0.05) is 0 Å². The average Bonchev–Trinajstić information content (AvgIpc) is 2.95. The number of nitrogen functional groups attached to an aromatic ring is 1. The van der Waals surface area contributed by atoms with Crippen LogP contribution in [0.3, 0.4) is 0 Å². The third-order valence-corrected chi connectivity index (χ3v) is 3.79. The highest BCUT2D eigenvalue weighted by atomic mass is 16.6. The van der Waals surface area contributed by atoms with Crippen molar-refractivity contribution in [2.24, 2.45) is 0 Å². The van der Waals surface area contributed by atoms with Crippen LogP contribution in [0.4, 0.5) is 11.4 Å². The van der Waals surface area contributed by atoms with E-state index in [1.807, 2.05) is 0 Å². The zero-order chi connectivity index (χ0) is 17.4. The van der Waals surface area contributed by atoms with Gasteiger partial charge in [-0.2, -0.15) is 0 Å². The van der Waals surface area contributed by atoms with Gasteiger partial charge in [-0.05, 0) is 29.3 Å². The predicted molar refractivity (Wildman–Crippen MR) is 83.4 cm³/mol. The van der Waals surface area contributed by atoms with E-state index in [1.54, 1.807) is 0 Å². The summed E-state index contributed by atoms with van der Waals surface area (Å²) >= 11 is 0. The molecule has 1 aliphatic rings. The van der Waals surface area contributed by atoms with Gasteiger partial charge in [0.05, 0.1) is 23.2 Å². The Hall–Kier alpha value is -3.42. The number of carbonyl (C=O) groups is 2. The number of carbonyl (C=O) groups excluding carboxylic acids is 2. The Kier molecular flexibility index (Phi) is 3.64. The number of methoxy groups -OCH3 is 1. The molecule has 0 aromatic heterocycles. The highest BCUT2D eigenvalue weighted by Gasteiger charge is 2.32. The molecule has 2 aromatic carbocycles. The molecule has 8 heteroatoms. The highest BCUT2D eigenvalue weighted by Crippen LogP contribution is 2.37. The Morgan fingerprint density at radius 1 is 1.33 bits per heavy atom. The first-order valence-corrected chi connectivity index (χ1v) is 6.89. The molecule has 0 atom stereocenters. The lowest BCUT2D eigenvalue weighted by Gasteiger charge is -2.12. The van der Waals surface area contributed by atoms with E-state index in [2.05, 4.69) is 0 Å². The average molecular weight is 328 g/mol. The standard InChI is InChI=1S/C16H12N2O6/c1-23-15(19)14-11-7-24-16(20)13(11)10(6-12(14)17)8-2-4-9(5-3-8)18(21)22/h2-6H,7,17H2,1H3. The smallest absolute Gasteiger partial charge is 0.340 e. The summed E-state index contributed by atoms with van der Waals surface area (Å²) < 4.78 is 9.73. The molecule has 0 radical (unpaired) electrons. The lowest BCUT2D eigenvalue weighted by molar-refractivity contribution is -0.384. The lowest BCUT2D eigenvalue weighted by Crippen LogP contribution is -2.11. The molecular formula is C16H12N2O6. The molecule has 0 bridgehead atoms. The van der Waals surface area contributed by atoms with Gasteiger partial charge in [0.2, 0.25) is 0 Å². The van der Waals surface area contributed by atoms with Gasteiger partial charge in [-0.25, -0.2) is 9.59 Å². The van der Waals surface area contributed by atoms with Gasteiger partial charge in [-0.15, -0.1) is 0 Å². The predicted octanol–water partition coefficient (Wildman–Crippen LogP) is 2.30. The summed E-state index contributed by atoms with van der Waals surface area (Å²) in [7, 11) is 1.22. The first-order valence-electron chi connectivity index (χ1n) is 6.89. The van der Waals surface area contributed by atoms with E-state index in [4.69, 9.17) is 15.2 Å². The number of cyclic esters (lactones) is 1. The van der Waals surface area contributed by atoms with Crippen molar-refractivity contribution in [3.8, 4) is 11.1 Å². The first kappa shape index (κ1) is 15.5. The van der Waals surface area contributed by atoms with Crippen molar-refractivity contribution < 1.29 is 24.0 Å². The van der Waals surface area contributed by atoms with Gasteiger partial charge in [-0.3, -0.25) is 10.1 Å². The number of fused-ring (bicyclic) bond motifs is 1. The Morgan fingerprint density at radius 3 is 2.58 bits per heavy atom. The number of non-ortho nitro benzene ring substituents is 1. The fourth-order valence-corrected chi connectivity index (χ4v) is 2.68. The molecule has 2 N–H and O–H groups in total. The van der Waals surface area contributed by atoms with Crippen molar-refractivity contribution in [3.63, 3.8) is 0 Å². The van der Waals surface area contributed by atoms with Crippen LogP contribution >= 0.6 is 0 Å². The van der Waals surface area contributed by atoms with Crippen LogP contribution in [0.1, 0.15) is 26.3 Å². The molecule has 0 amide bonds. The van der Waals surface area contributed by atoms with E-state index in [0.717, 1.165) is 0 Å². The number of rotatable bonds is 3.